The summed E-state index contributed by atoms with van der Waals surface area (Å²) in [5.41, 5.74) is 8.33. The van der Waals surface area contributed by atoms with Crippen LogP contribution < -0.4 is 5.73 Å². The summed E-state index contributed by atoms with van der Waals surface area (Å²) in [5.74, 6) is -0.150. The van der Waals surface area contributed by atoms with Gasteiger partial charge in [-0.1, -0.05) is 101 Å². The van der Waals surface area contributed by atoms with Crippen LogP contribution in [0.2, 0.25) is 0 Å². The van der Waals surface area contributed by atoms with E-state index in [0.29, 0.717) is 45.3 Å². The monoisotopic (exact) mass is 683 g/mol. The Kier molecular flexibility index (Phi) is 18.5. The molecule has 47 heavy (non-hydrogen) atoms. The molecule has 252 valence electrons. The van der Waals surface area contributed by atoms with E-state index < -0.39 is 10.1 Å². The van der Waals surface area contributed by atoms with Gasteiger partial charge in [0.25, 0.3) is 10.1 Å². The molecule has 0 atom stereocenters. The molecule has 5 N–H and O–H groups in total. The van der Waals surface area contributed by atoms with Gasteiger partial charge >= 0.3 is 0 Å². The number of hydrogen-bond acceptors (Lipinski definition) is 12. The average Bonchev–Trinajstić information content (AvgIpc) is 3.09. The Morgan fingerprint density at radius 1 is 0.702 bits per heavy atom. The fourth-order valence-corrected chi connectivity index (χ4v) is 4.22. The number of fused-ring (bicyclic) bond motifs is 2. The van der Waals surface area contributed by atoms with Gasteiger partial charge in [0.2, 0.25) is 0 Å². The second kappa shape index (κ2) is 21.4. The van der Waals surface area contributed by atoms with E-state index in [2.05, 4.69) is 29.8 Å². The maximum Gasteiger partial charge on any atom is 0.261 e. The fraction of sp³-hybridized carbons (Fsp3) is 0.212. The lowest BCUT2D eigenvalue weighted by atomic mass is 10.1. The van der Waals surface area contributed by atoms with Crippen LogP contribution in [0.25, 0.3) is 21.5 Å². The maximum atomic E-state index is 11.0. The molecule has 0 bridgehead atoms. The van der Waals surface area contributed by atoms with Gasteiger partial charge in [-0.2, -0.15) is 18.6 Å². The number of hydrogen-bond donors (Lipinski definition) is 4. The normalized spacial score (nSPS) is 10.7. The Morgan fingerprint density at radius 3 is 1.87 bits per heavy atom. The van der Waals surface area contributed by atoms with Gasteiger partial charge in [0.15, 0.2) is 5.75 Å². The number of nitrogens with two attached hydrogens (primary N) is 1. The van der Waals surface area contributed by atoms with E-state index in [9.17, 15) is 13.5 Å². The average molecular weight is 684 g/mol. The van der Waals surface area contributed by atoms with Crippen molar-refractivity contribution in [2.24, 2.45) is 20.5 Å². The van der Waals surface area contributed by atoms with E-state index in [1.165, 1.54) is 0 Å². The lowest BCUT2D eigenvalue weighted by Crippen LogP contribution is -1.92. The van der Waals surface area contributed by atoms with E-state index in [0.717, 1.165) is 10.8 Å². The van der Waals surface area contributed by atoms with E-state index in [1.807, 2.05) is 102 Å². The number of benzene rings is 5. The molecular weight excluding hydrogens is 643 g/mol. The zero-order valence-electron chi connectivity index (χ0n) is 27.3. The van der Waals surface area contributed by atoms with Crippen LogP contribution in [-0.2, 0) is 19.5 Å². The van der Waals surface area contributed by atoms with Gasteiger partial charge in [-0.25, -0.2) is 5.26 Å². The molecule has 14 heteroatoms. The summed E-state index contributed by atoms with van der Waals surface area (Å²) in [6.07, 6.45) is 0.715. The molecule has 0 radical (unpaired) electrons. The third-order valence-corrected chi connectivity index (χ3v) is 6.04. The third kappa shape index (κ3) is 13.1. The third-order valence-electron chi connectivity index (χ3n) is 5.42. The quantitative estimate of drug-likeness (QED) is 0.0323. The predicted molar refractivity (Wildman–Crippen MR) is 191 cm³/mol. The molecule has 0 heterocycles. The van der Waals surface area contributed by atoms with Crippen molar-refractivity contribution in [1.82, 2.24) is 0 Å². The van der Waals surface area contributed by atoms with Crippen LogP contribution in [0.5, 0.6) is 5.75 Å². The molecule has 0 amide bonds. The largest absolute Gasteiger partial charge is 0.505 e. The zero-order valence-corrected chi connectivity index (χ0v) is 29.0. The molecule has 0 aliphatic rings. The Labute approximate surface area is 279 Å². The Morgan fingerprint density at radius 2 is 1.26 bits per heavy atom. The highest BCUT2D eigenvalue weighted by molar-refractivity contribution is 7.94. The maximum absolute atomic E-state index is 11.0. The highest BCUT2D eigenvalue weighted by atomic mass is 32.2. The lowest BCUT2D eigenvalue weighted by Gasteiger charge is -2.12. The smallest absolute Gasteiger partial charge is 0.261 e. The van der Waals surface area contributed by atoms with Crippen molar-refractivity contribution in [3.05, 3.63) is 91.0 Å². The Bertz CT molecular complexity index is 1850. The molecule has 0 saturated heterocycles. The van der Waals surface area contributed by atoms with Crippen molar-refractivity contribution in [3.8, 4) is 5.75 Å². The number of anilines is 1. The summed E-state index contributed by atoms with van der Waals surface area (Å²) < 4.78 is 30.5. The predicted octanol–water partition coefficient (Wildman–Crippen LogP) is 11.1. The highest BCUT2D eigenvalue weighted by Gasteiger charge is 2.18. The summed E-state index contributed by atoms with van der Waals surface area (Å²) in [6.45, 7) is 12.0. The van der Waals surface area contributed by atoms with Gasteiger partial charge in [0.05, 0.1) is 45.6 Å². The first-order valence-electron chi connectivity index (χ1n) is 14.7. The molecule has 0 aromatic heterocycles. The van der Waals surface area contributed by atoms with Crippen molar-refractivity contribution < 1.29 is 32.7 Å². The molecule has 5 aromatic carbocycles. The number of nitrogens with zero attached hydrogens (tertiary/aromatic N) is 4. The molecule has 0 aliphatic carbocycles. The minimum atomic E-state index is -3.67. The molecule has 0 saturated carbocycles. The van der Waals surface area contributed by atoms with Crippen molar-refractivity contribution in [3.63, 3.8) is 0 Å². The van der Waals surface area contributed by atoms with Crippen molar-refractivity contribution >= 4 is 72.1 Å². The Hall–Kier alpha value is -4.44. The van der Waals surface area contributed by atoms with Gasteiger partial charge in [-0.05, 0) is 52.6 Å². The van der Waals surface area contributed by atoms with Gasteiger partial charge in [-0.15, -0.1) is 14.6 Å². The minimum Gasteiger partial charge on any atom is -0.505 e. The lowest BCUT2D eigenvalue weighted by molar-refractivity contribution is -0.432. The number of nitrogen functional groups attached to an aromatic ring is 1. The van der Waals surface area contributed by atoms with E-state index in [-0.39, 0.29) is 22.8 Å². The van der Waals surface area contributed by atoms with E-state index in [4.69, 9.17) is 15.5 Å². The van der Waals surface area contributed by atoms with E-state index >= 15 is 0 Å². The van der Waals surface area contributed by atoms with Crippen LogP contribution in [0, 0.1) is 0 Å². The van der Waals surface area contributed by atoms with Crippen LogP contribution in [0.3, 0.4) is 0 Å². The van der Waals surface area contributed by atoms with Crippen LogP contribution in [0.1, 0.15) is 41.5 Å². The van der Waals surface area contributed by atoms with Gasteiger partial charge < -0.3 is 10.8 Å². The van der Waals surface area contributed by atoms with Gasteiger partial charge in [0, 0.05) is 0 Å². The molecule has 0 spiro atoms. The second-order valence-electron chi connectivity index (χ2n) is 8.39. The Balaban J connectivity index is 0.000000893. The van der Waals surface area contributed by atoms with Crippen LogP contribution in [0.15, 0.2) is 116 Å². The number of rotatable bonds is 7. The summed E-state index contributed by atoms with van der Waals surface area (Å²) in [4.78, 5) is 0.414. The van der Waals surface area contributed by atoms with Crippen molar-refractivity contribution in [2.45, 2.75) is 46.4 Å². The first kappa shape index (κ1) is 40.6. The fourth-order valence-electron chi connectivity index (χ4n) is 3.71. The topological polar surface area (TPSA) is 189 Å². The molecule has 12 nitrogen and oxygen atoms in total. The first-order chi connectivity index (χ1) is 22.6. The first-order valence-corrected chi connectivity index (χ1v) is 17.3. The molecule has 0 aliphatic heterocycles. The summed E-state index contributed by atoms with van der Waals surface area (Å²) in [6, 6.07) is 27.8. The zero-order chi connectivity index (χ0) is 35.4. The molecule has 0 fully saturated rings. The van der Waals surface area contributed by atoms with E-state index in [1.54, 1.807) is 30.3 Å². The SMILES string of the molecule is CC.CC.CC.CS(=O)(=O)O.Nc1c(N=Nc2ccc3ccccc3c2)c(SOOO)cc2ccc(N=Nc3ccccc3)c(O)c12. The van der Waals surface area contributed by atoms with Gasteiger partial charge in [0.1, 0.15) is 11.4 Å². The standard InChI is InChI=1S/C26H19N5O4S.3C2H6.CH4O3S/c27-24-23-18(11-13-21(26(23)32)30-28-19-8-2-1-3-9-19)15-22(36-35-34-33)25(24)31-29-20-12-10-16-6-4-5-7-17(16)14-20;3*1-2;1-5(2,3)4/h1-15,32-33H,27H2;3*1-2H3;1H3,(H,2,3,4). The summed E-state index contributed by atoms with van der Waals surface area (Å²) in [5, 5.41) is 43.4. The molecule has 5 rings (SSSR count). The van der Waals surface area contributed by atoms with Crippen LogP contribution in [0.4, 0.5) is 28.4 Å². The number of aromatic hydroxyl groups is 1. The number of azo groups is 2. The minimum absolute atomic E-state index is 0.148. The highest BCUT2D eigenvalue weighted by Crippen LogP contribution is 2.47. The molecule has 0 unspecified atom stereocenters. The van der Waals surface area contributed by atoms with Crippen molar-refractivity contribution in [1.29, 1.82) is 0 Å². The second-order valence-corrected chi connectivity index (χ2v) is 10.6. The number of phenols is 1. The molecule has 5 aromatic rings. The van der Waals surface area contributed by atoms with Gasteiger partial charge in [-0.3, -0.25) is 4.55 Å². The van der Waals surface area contributed by atoms with Crippen LogP contribution >= 0.6 is 12.0 Å². The molecular formula is C33H41N5O7S2. The summed E-state index contributed by atoms with van der Waals surface area (Å²) >= 11 is 0.702. The van der Waals surface area contributed by atoms with Crippen molar-refractivity contribution in [2.75, 3.05) is 12.0 Å². The summed E-state index contributed by atoms with van der Waals surface area (Å²) in [7, 11) is -3.67. The number of phenolic OH excluding ortho intramolecular Hbond substituents is 1. The van der Waals surface area contributed by atoms with Crippen LogP contribution in [-0.4, -0.2) is 29.6 Å².